The summed E-state index contributed by atoms with van der Waals surface area (Å²) in [5, 5.41) is 7.47. The second-order valence-electron chi connectivity index (χ2n) is 6.21. The summed E-state index contributed by atoms with van der Waals surface area (Å²) in [6, 6.07) is 20.9. The largest absolute Gasteiger partial charge is 0.347 e. The minimum atomic E-state index is -0.346. The van der Waals surface area contributed by atoms with Crippen LogP contribution in [0.5, 0.6) is 0 Å². The van der Waals surface area contributed by atoms with Gasteiger partial charge in [0, 0.05) is 24.5 Å². The van der Waals surface area contributed by atoms with Gasteiger partial charge in [-0.25, -0.2) is 9.07 Å². The number of carbonyl (C=O) groups excluding carboxylic acids is 1. The molecule has 0 bridgehead atoms. The maximum Gasteiger partial charge on any atom is 0.270 e. The van der Waals surface area contributed by atoms with Crippen molar-refractivity contribution < 1.29 is 9.18 Å². The Kier molecular flexibility index (Phi) is 4.93. The molecule has 4 aromatic rings. The SMILES string of the molecule is O=C(NCc1cccnc1)c1cc(-c2ccccc2)nn1-c1ccc(F)cc1. The third-order valence-electron chi connectivity index (χ3n) is 4.26. The van der Waals surface area contributed by atoms with E-state index in [1.165, 1.54) is 16.8 Å². The van der Waals surface area contributed by atoms with Crippen LogP contribution in [0, 0.1) is 5.82 Å². The van der Waals surface area contributed by atoms with Crippen molar-refractivity contribution in [3.8, 4) is 16.9 Å². The van der Waals surface area contributed by atoms with Crippen molar-refractivity contribution in [3.63, 3.8) is 0 Å². The first kappa shape index (κ1) is 17.6. The third-order valence-corrected chi connectivity index (χ3v) is 4.26. The number of halogens is 1. The predicted octanol–water partition coefficient (Wildman–Crippen LogP) is 4.00. The van der Waals surface area contributed by atoms with Gasteiger partial charge in [0.1, 0.15) is 11.5 Å². The third kappa shape index (κ3) is 3.81. The molecule has 1 N–H and O–H groups in total. The number of aromatic nitrogens is 3. The summed E-state index contributed by atoms with van der Waals surface area (Å²) in [6.45, 7) is 0.349. The van der Waals surface area contributed by atoms with E-state index in [2.05, 4.69) is 15.4 Å². The van der Waals surface area contributed by atoms with Gasteiger partial charge in [-0.05, 0) is 42.0 Å². The topological polar surface area (TPSA) is 59.8 Å². The highest BCUT2D eigenvalue weighted by atomic mass is 19.1. The standard InChI is InChI=1S/C22H17FN4O/c23-18-8-10-19(11-9-18)27-21(13-20(26-27)17-6-2-1-3-7-17)22(28)25-15-16-5-4-12-24-14-16/h1-14H,15H2,(H,25,28). The lowest BCUT2D eigenvalue weighted by Gasteiger charge is -2.08. The Labute approximate surface area is 161 Å². The van der Waals surface area contributed by atoms with Crippen LogP contribution in [0.15, 0.2) is 85.2 Å². The van der Waals surface area contributed by atoms with E-state index < -0.39 is 0 Å². The van der Waals surface area contributed by atoms with E-state index >= 15 is 0 Å². The Balaban J connectivity index is 1.68. The average molecular weight is 372 g/mol. The number of hydrogen-bond donors (Lipinski definition) is 1. The highest BCUT2D eigenvalue weighted by molar-refractivity contribution is 5.94. The molecule has 0 aliphatic heterocycles. The van der Waals surface area contributed by atoms with Crippen LogP contribution in [-0.2, 0) is 6.54 Å². The van der Waals surface area contributed by atoms with Crippen molar-refractivity contribution in [1.82, 2.24) is 20.1 Å². The van der Waals surface area contributed by atoms with Crippen molar-refractivity contribution in [2.75, 3.05) is 0 Å². The molecular formula is C22H17FN4O. The number of rotatable bonds is 5. The van der Waals surface area contributed by atoms with Gasteiger partial charge in [0.05, 0.1) is 11.4 Å². The fourth-order valence-corrected chi connectivity index (χ4v) is 2.85. The van der Waals surface area contributed by atoms with E-state index in [-0.39, 0.29) is 11.7 Å². The van der Waals surface area contributed by atoms with Gasteiger partial charge in [0.25, 0.3) is 5.91 Å². The number of nitrogens with one attached hydrogen (secondary N) is 1. The van der Waals surface area contributed by atoms with Gasteiger partial charge in [-0.2, -0.15) is 5.10 Å². The number of pyridine rings is 1. The summed E-state index contributed by atoms with van der Waals surface area (Å²) < 4.78 is 14.9. The molecule has 5 nitrogen and oxygen atoms in total. The number of hydrogen-bond acceptors (Lipinski definition) is 3. The van der Waals surface area contributed by atoms with Crippen LogP contribution < -0.4 is 5.32 Å². The Morgan fingerprint density at radius 2 is 1.79 bits per heavy atom. The zero-order valence-electron chi connectivity index (χ0n) is 14.9. The average Bonchev–Trinajstić information content (AvgIpc) is 3.19. The molecule has 28 heavy (non-hydrogen) atoms. The van der Waals surface area contributed by atoms with Crippen LogP contribution in [0.1, 0.15) is 16.1 Å². The normalized spacial score (nSPS) is 10.6. The summed E-state index contributed by atoms with van der Waals surface area (Å²) in [4.78, 5) is 16.9. The molecule has 0 spiro atoms. The van der Waals surface area contributed by atoms with E-state index in [4.69, 9.17) is 0 Å². The molecule has 1 amide bonds. The first-order chi connectivity index (χ1) is 13.7. The second-order valence-corrected chi connectivity index (χ2v) is 6.21. The van der Waals surface area contributed by atoms with E-state index in [1.54, 1.807) is 30.6 Å². The summed E-state index contributed by atoms with van der Waals surface area (Å²) in [5.41, 5.74) is 3.43. The molecule has 6 heteroatoms. The lowest BCUT2D eigenvalue weighted by Crippen LogP contribution is -2.25. The number of amides is 1. The van der Waals surface area contributed by atoms with Crippen LogP contribution >= 0.6 is 0 Å². The zero-order chi connectivity index (χ0) is 19.3. The number of benzene rings is 2. The Morgan fingerprint density at radius 1 is 1.00 bits per heavy atom. The number of nitrogens with zero attached hydrogens (tertiary/aromatic N) is 3. The molecule has 0 saturated heterocycles. The highest BCUT2D eigenvalue weighted by Crippen LogP contribution is 2.22. The molecule has 0 fully saturated rings. The van der Waals surface area contributed by atoms with Gasteiger partial charge in [0.2, 0.25) is 0 Å². The van der Waals surface area contributed by atoms with Crippen molar-refractivity contribution in [1.29, 1.82) is 0 Å². The van der Waals surface area contributed by atoms with Crippen molar-refractivity contribution >= 4 is 5.91 Å². The van der Waals surface area contributed by atoms with Gasteiger partial charge in [-0.3, -0.25) is 9.78 Å². The van der Waals surface area contributed by atoms with E-state index in [0.717, 1.165) is 11.1 Å². The summed E-state index contributed by atoms with van der Waals surface area (Å²) in [6.07, 6.45) is 3.38. The maximum atomic E-state index is 13.3. The molecule has 2 aromatic carbocycles. The molecule has 0 radical (unpaired) electrons. The van der Waals surface area contributed by atoms with Gasteiger partial charge in [0.15, 0.2) is 0 Å². The smallest absolute Gasteiger partial charge is 0.270 e. The molecule has 2 heterocycles. The van der Waals surface area contributed by atoms with Crippen LogP contribution in [0.2, 0.25) is 0 Å². The minimum Gasteiger partial charge on any atom is -0.347 e. The summed E-state index contributed by atoms with van der Waals surface area (Å²) in [5.74, 6) is -0.621. The molecule has 2 aromatic heterocycles. The fraction of sp³-hybridized carbons (Fsp3) is 0.0455. The van der Waals surface area contributed by atoms with Crippen LogP contribution in [-0.4, -0.2) is 20.7 Å². The van der Waals surface area contributed by atoms with Crippen LogP contribution in [0.4, 0.5) is 4.39 Å². The lowest BCUT2D eigenvalue weighted by atomic mass is 10.1. The monoisotopic (exact) mass is 372 g/mol. The summed E-state index contributed by atoms with van der Waals surface area (Å²) in [7, 11) is 0. The second kappa shape index (κ2) is 7.84. The maximum absolute atomic E-state index is 13.3. The Morgan fingerprint density at radius 3 is 2.50 bits per heavy atom. The minimum absolute atomic E-state index is 0.275. The van der Waals surface area contributed by atoms with Crippen molar-refractivity contribution in [2.24, 2.45) is 0 Å². The predicted molar refractivity (Wildman–Crippen MR) is 104 cm³/mol. The van der Waals surface area contributed by atoms with E-state index in [0.29, 0.717) is 23.6 Å². The lowest BCUT2D eigenvalue weighted by molar-refractivity contribution is 0.0943. The molecule has 4 rings (SSSR count). The summed E-state index contributed by atoms with van der Waals surface area (Å²) >= 11 is 0. The molecule has 0 aliphatic rings. The van der Waals surface area contributed by atoms with Gasteiger partial charge in [-0.1, -0.05) is 36.4 Å². The van der Waals surface area contributed by atoms with Crippen LogP contribution in [0.3, 0.4) is 0 Å². The van der Waals surface area contributed by atoms with E-state index in [9.17, 15) is 9.18 Å². The molecule has 0 saturated carbocycles. The molecule has 138 valence electrons. The van der Waals surface area contributed by atoms with Gasteiger partial charge >= 0.3 is 0 Å². The molecule has 0 atom stereocenters. The Hall–Kier alpha value is -3.80. The zero-order valence-corrected chi connectivity index (χ0v) is 14.9. The first-order valence-electron chi connectivity index (χ1n) is 8.79. The van der Waals surface area contributed by atoms with Gasteiger partial charge < -0.3 is 5.32 Å². The first-order valence-corrected chi connectivity index (χ1v) is 8.79. The fourth-order valence-electron chi connectivity index (χ4n) is 2.85. The van der Waals surface area contributed by atoms with Crippen molar-refractivity contribution in [3.05, 3.63) is 102 Å². The molecule has 0 unspecified atom stereocenters. The Bertz CT molecular complexity index is 1080. The van der Waals surface area contributed by atoms with Crippen LogP contribution in [0.25, 0.3) is 16.9 Å². The van der Waals surface area contributed by atoms with Crippen molar-refractivity contribution in [2.45, 2.75) is 6.54 Å². The highest BCUT2D eigenvalue weighted by Gasteiger charge is 2.17. The van der Waals surface area contributed by atoms with E-state index in [1.807, 2.05) is 42.5 Å². The van der Waals surface area contributed by atoms with Gasteiger partial charge in [-0.15, -0.1) is 0 Å². The molecular weight excluding hydrogens is 355 g/mol. The quantitative estimate of drug-likeness (QED) is 0.576. The molecule has 0 aliphatic carbocycles. The number of carbonyl (C=O) groups is 1.